The van der Waals surface area contributed by atoms with Crippen LogP contribution in [0, 0.1) is 0 Å². The van der Waals surface area contributed by atoms with Crippen LogP contribution in [0.5, 0.6) is 0 Å². The largest absolute Gasteiger partial charge is 0.367 e. The zero-order chi connectivity index (χ0) is 19.2. The number of anilines is 1. The number of benzene rings is 1. The fourth-order valence-electron chi connectivity index (χ4n) is 2.64. The van der Waals surface area contributed by atoms with Crippen molar-refractivity contribution in [3.8, 4) is 0 Å². The van der Waals surface area contributed by atoms with Crippen molar-refractivity contribution in [1.82, 2.24) is 25.1 Å². The molecule has 2 heterocycles. The Balaban J connectivity index is 1.76. The van der Waals surface area contributed by atoms with Gasteiger partial charge in [0, 0.05) is 18.2 Å². The summed E-state index contributed by atoms with van der Waals surface area (Å²) < 4.78 is 1.81. The maximum absolute atomic E-state index is 12.2. The molecule has 0 bridgehead atoms. The van der Waals surface area contributed by atoms with E-state index in [4.69, 9.17) is 0 Å². The van der Waals surface area contributed by atoms with E-state index in [-0.39, 0.29) is 11.9 Å². The molecule has 1 amide bonds. The van der Waals surface area contributed by atoms with Gasteiger partial charge in [0.2, 0.25) is 0 Å². The first-order chi connectivity index (χ1) is 13.1. The van der Waals surface area contributed by atoms with Crippen molar-refractivity contribution in [1.29, 1.82) is 0 Å². The Kier molecular flexibility index (Phi) is 6.28. The minimum absolute atomic E-state index is 0.0916. The van der Waals surface area contributed by atoms with E-state index in [9.17, 15) is 4.79 Å². The SMILES string of the molecule is CCSc1nc(NC(C)C)c2cnn(CCNC(=O)c3ccccc3)c2n1. The zero-order valence-electron chi connectivity index (χ0n) is 15.8. The number of fused-ring (bicyclic) bond motifs is 1. The summed E-state index contributed by atoms with van der Waals surface area (Å²) in [4.78, 5) is 21.4. The lowest BCUT2D eigenvalue weighted by atomic mass is 10.2. The highest BCUT2D eigenvalue weighted by atomic mass is 32.2. The van der Waals surface area contributed by atoms with Gasteiger partial charge in [-0.2, -0.15) is 5.10 Å². The normalized spacial score (nSPS) is 11.1. The maximum Gasteiger partial charge on any atom is 0.251 e. The Morgan fingerprint density at radius 2 is 2.00 bits per heavy atom. The van der Waals surface area contributed by atoms with Crippen LogP contribution in [0.2, 0.25) is 0 Å². The number of carbonyl (C=O) groups is 1. The highest BCUT2D eigenvalue weighted by Crippen LogP contribution is 2.24. The van der Waals surface area contributed by atoms with E-state index in [1.54, 1.807) is 30.1 Å². The molecule has 0 unspecified atom stereocenters. The smallest absolute Gasteiger partial charge is 0.251 e. The zero-order valence-corrected chi connectivity index (χ0v) is 16.6. The van der Waals surface area contributed by atoms with Crippen LogP contribution in [0.4, 0.5) is 5.82 Å². The number of nitrogens with one attached hydrogen (secondary N) is 2. The molecule has 0 aliphatic rings. The number of amides is 1. The van der Waals surface area contributed by atoms with Crippen LogP contribution in [0.25, 0.3) is 11.0 Å². The average Bonchev–Trinajstić information content (AvgIpc) is 3.05. The predicted octanol–water partition coefficient (Wildman–Crippen LogP) is 3.19. The molecule has 0 saturated carbocycles. The van der Waals surface area contributed by atoms with Gasteiger partial charge in [-0.3, -0.25) is 4.79 Å². The summed E-state index contributed by atoms with van der Waals surface area (Å²) in [7, 11) is 0. The highest BCUT2D eigenvalue weighted by molar-refractivity contribution is 7.99. The van der Waals surface area contributed by atoms with Crippen LogP contribution >= 0.6 is 11.8 Å². The summed E-state index contributed by atoms with van der Waals surface area (Å²) in [6.07, 6.45) is 1.78. The van der Waals surface area contributed by atoms with Crippen molar-refractivity contribution in [2.24, 2.45) is 0 Å². The molecule has 0 radical (unpaired) electrons. The van der Waals surface area contributed by atoms with E-state index < -0.39 is 0 Å². The molecule has 0 aliphatic carbocycles. The summed E-state index contributed by atoms with van der Waals surface area (Å²) in [5, 5.41) is 12.4. The van der Waals surface area contributed by atoms with Gasteiger partial charge in [-0.15, -0.1) is 0 Å². The molecule has 2 N–H and O–H groups in total. The Hall–Kier alpha value is -2.61. The van der Waals surface area contributed by atoms with Gasteiger partial charge in [-0.25, -0.2) is 14.6 Å². The van der Waals surface area contributed by atoms with Crippen molar-refractivity contribution in [3.05, 3.63) is 42.1 Å². The fraction of sp³-hybridized carbons (Fsp3) is 0.368. The quantitative estimate of drug-likeness (QED) is 0.458. The Morgan fingerprint density at radius 3 is 2.70 bits per heavy atom. The number of aromatic nitrogens is 4. The van der Waals surface area contributed by atoms with Gasteiger partial charge in [0.15, 0.2) is 10.8 Å². The summed E-state index contributed by atoms with van der Waals surface area (Å²) in [5.41, 5.74) is 1.42. The third-order valence-corrected chi connectivity index (χ3v) is 4.55. The summed E-state index contributed by atoms with van der Waals surface area (Å²) in [5.74, 6) is 1.60. The molecule has 0 saturated heterocycles. The third kappa shape index (κ3) is 4.77. The van der Waals surface area contributed by atoms with Crippen molar-refractivity contribution in [2.45, 2.75) is 38.5 Å². The number of hydrogen-bond donors (Lipinski definition) is 2. The van der Waals surface area contributed by atoms with E-state index in [1.807, 2.05) is 22.9 Å². The lowest BCUT2D eigenvalue weighted by Crippen LogP contribution is -2.27. The van der Waals surface area contributed by atoms with Crippen LogP contribution in [0.15, 0.2) is 41.7 Å². The van der Waals surface area contributed by atoms with Crippen LogP contribution in [-0.4, -0.2) is 44.0 Å². The maximum atomic E-state index is 12.2. The van der Waals surface area contributed by atoms with Crippen molar-refractivity contribution in [3.63, 3.8) is 0 Å². The van der Waals surface area contributed by atoms with Gasteiger partial charge in [0.25, 0.3) is 5.91 Å². The number of carbonyl (C=O) groups excluding carboxylic acids is 1. The van der Waals surface area contributed by atoms with Crippen LogP contribution < -0.4 is 10.6 Å². The van der Waals surface area contributed by atoms with Gasteiger partial charge in [-0.05, 0) is 31.7 Å². The summed E-state index contributed by atoms with van der Waals surface area (Å²) >= 11 is 1.60. The van der Waals surface area contributed by atoms with E-state index in [1.165, 1.54) is 0 Å². The molecule has 1 aromatic carbocycles. The molecule has 2 aromatic heterocycles. The van der Waals surface area contributed by atoms with Crippen molar-refractivity contribution in [2.75, 3.05) is 17.6 Å². The Bertz CT molecular complexity index is 909. The molecule has 0 aliphatic heterocycles. The van der Waals surface area contributed by atoms with E-state index in [0.29, 0.717) is 18.7 Å². The molecule has 8 heteroatoms. The molecule has 3 aromatic rings. The van der Waals surface area contributed by atoms with Crippen LogP contribution in [0.1, 0.15) is 31.1 Å². The first-order valence-corrected chi connectivity index (χ1v) is 10.0. The molecule has 27 heavy (non-hydrogen) atoms. The first kappa shape index (κ1) is 19.2. The molecular formula is C19H24N6OS. The molecule has 0 spiro atoms. The van der Waals surface area contributed by atoms with Gasteiger partial charge in [0.05, 0.1) is 18.1 Å². The Labute approximate surface area is 163 Å². The second kappa shape index (κ2) is 8.85. The molecule has 7 nitrogen and oxygen atoms in total. The second-order valence-corrected chi connectivity index (χ2v) is 7.54. The number of nitrogens with zero attached hydrogens (tertiary/aromatic N) is 4. The molecule has 0 atom stereocenters. The first-order valence-electron chi connectivity index (χ1n) is 9.04. The molecule has 0 fully saturated rings. The number of hydrogen-bond acceptors (Lipinski definition) is 6. The predicted molar refractivity (Wildman–Crippen MR) is 109 cm³/mol. The third-order valence-electron chi connectivity index (χ3n) is 3.82. The average molecular weight is 385 g/mol. The van der Waals surface area contributed by atoms with Gasteiger partial charge >= 0.3 is 0 Å². The van der Waals surface area contributed by atoms with Gasteiger partial charge in [-0.1, -0.05) is 36.9 Å². The fourth-order valence-corrected chi connectivity index (χ4v) is 3.21. The van der Waals surface area contributed by atoms with Crippen molar-refractivity contribution < 1.29 is 4.79 Å². The minimum atomic E-state index is -0.0916. The standard InChI is InChI=1S/C19H24N6OS/c1-4-27-19-23-16(22-13(2)3)15-12-21-25(17(15)24-19)11-10-20-18(26)14-8-6-5-7-9-14/h5-9,12-13H,4,10-11H2,1-3H3,(H,20,26)(H,22,23,24). The second-order valence-electron chi connectivity index (χ2n) is 6.31. The topological polar surface area (TPSA) is 84.7 Å². The number of thioether (sulfide) groups is 1. The van der Waals surface area contributed by atoms with Gasteiger partial charge < -0.3 is 10.6 Å². The van der Waals surface area contributed by atoms with E-state index in [2.05, 4.69) is 46.5 Å². The highest BCUT2D eigenvalue weighted by Gasteiger charge is 2.14. The van der Waals surface area contributed by atoms with E-state index >= 15 is 0 Å². The van der Waals surface area contributed by atoms with Crippen LogP contribution in [0.3, 0.4) is 0 Å². The van der Waals surface area contributed by atoms with Crippen molar-refractivity contribution >= 4 is 34.5 Å². The summed E-state index contributed by atoms with van der Waals surface area (Å²) in [6, 6.07) is 9.44. The number of rotatable bonds is 8. The van der Waals surface area contributed by atoms with Gasteiger partial charge in [0.1, 0.15) is 5.82 Å². The Morgan fingerprint density at radius 1 is 1.22 bits per heavy atom. The monoisotopic (exact) mass is 384 g/mol. The summed E-state index contributed by atoms with van der Waals surface area (Å²) in [6.45, 7) is 7.23. The molecule has 3 rings (SSSR count). The molecule has 142 valence electrons. The van der Waals surface area contributed by atoms with Crippen LogP contribution in [-0.2, 0) is 6.54 Å². The molecular weight excluding hydrogens is 360 g/mol. The van der Waals surface area contributed by atoms with E-state index in [0.717, 1.165) is 27.8 Å². The minimum Gasteiger partial charge on any atom is -0.367 e. The lowest BCUT2D eigenvalue weighted by Gasteiger charge is -2.11. The lowest BCUT2D eigenvalue weighted by molar-refractivity contribution is 0.0952.